The average molecular weight is 689 g/mol. The van der Waals surface area contributed by atoms with E-state index in [0.717, 1.165) is 47.9 Å². The summed E-state index contributed by atoms with van der Waals surface area (Å²) in [5.41, 5.74) is 4.54. The Morgan fingerprint density at radius 3 is 1.96 bits per heavy atom. The van der Waals surface area contributed by atoms with Gasteiger partial charge in [-0.05, 0) is 83.0 Å². The number of amides is 2. The number of urea groups is 1. The predicted molar refractivity (Wildman–Crippen MR) is 203 cm³/mol. The zero-order chi connectivity index (χ0) is 36.4. The molecule has 2 amide bonds. The number of carbonyl (C=O) groups excluding carboxylic acids is 2. The molecule has 0 fully saturated rings. The molecule has 0 saturated heterocycles. The molecule has 2 N–H and O–H groups in total. The molecule has 4 aromatic rings. The lowest BCUT2D eigenvalue weighted by molar-refractivity contribution is -0.145. The van der Waals surface area contributed by atoms with Gasteiger partial charge < -0.3 is 20.1 Å². The number of aryl methyl sites for hydroxylation is 2. The fourth-order valence-corrected chi connectivity index (χ4v) is 6.95. The normalized spacial score (nSPS) is 14.1. The van der Waals surface area contributed by atoms with Crippen LogP contribution in [0.3, 0.4) is 0 Å². The third-order valence-corrected chi connectivity index (χ3v) is 9.70. The number of esters is 1. The van der Waals surface area contributed by atoms with E-state index in [9.17, 15) is 19.5 Å². The molecule has 1 aliphatic rings. The molecule has 0 aromatic heterocycles. The topological polar surface area (TPSA) is 95.9 Å². The van der Waals surface area contributed by atoms with E-state index >= 15 is 0 Å². The molecule has 51 heavy (non-hydrogen) atoms. The zero-order valence-electron chi connectivity index (χ0n) is 30.4. The maximum atomic E-state index is 14.4. The molecule has 268 valence electrons. The van der Waals surface area contributed by atoms with Gasteiger partial charge in [0.25, 0.3) is 0 Å². The third kappa shape index (κ3) is 10.3. The lowest BCUT2D eigenvalue weighted by atomic mass is 9.84. The van der Waals surface area contributed by atoms with Gasteiger partial charge in [-0.15, -0.1) is 0 Å². The minimum atomic E-state index is -1.65. The quantitative estimate of drug-likeness (QED) is 0.0907. The number of carbonyl (C=O) groups is 3. The number of rotatable bonds is 16. The summed E-state index contributed by atoms with van der Waals surface area (Å²) >= 11 is 0. The van der Waals surface area contributed by atoms with Crippen LogP contribution in [0.15, 0.2) is 103 Å². The van der Waals surface area contributed by atoms with Gasteiger partial charge in [0, 0.05) is 25.9 Å². The highest BCUT2D eigenvalue weighted by Gasteiger charge is 2.42. The molecule has 1 unspecified atom stereocenters. The van der Waals surface area contributed by atoms with E-state index in [1.165, 1.54) is 11.1 Å². The lowest BCUT2D eigenvalue weighted by Crippen LogP contribution is -2.61. The molecule has 0 radical (unpaired) electrons. The lowest BCUT2D eigenvalue weighted by Gasteiger charge is -2.35. The summed E-state index contributed by atoms with van der Waals surface area (Å²) in [5.74, 6) is -1.11. The number of nitrogens with zero attached hydrogens (tertiary/aromatic N) is 1. The molecule has 7 nitrogen and oxygen atoms in total. The van der Waals surface area contributed by atoms with Crippen molar-refractivity contribution in [2.75, 3.05) is 13.1 Å². The Morgan fingerprint density at radius 2 is 1.33 bits per heavy atom. The number of nitrogens with one attached hydrogen (secondary N) is 1. The molecule has 5 rings (SSSR count). The van der Waals surface area contributed by atoms with E-state index in [1.54, 1.807) is 4.90 Å². The molecule has 1 aliphatic carbocycles. The summed E-state index contributed by atoms with van der Waals surface area (Å²) in [4.78, 5) is 43.2. The van der Waals surface area contributed by atoms with Crippen LogP contribution in [-0.4, -0.2) is 46.6 Å². The largest absolute Gasteiger partial charge is 0.479 e. The Hall–Kier alpha value is -4.91. The van der Waals surface area contributed by atoms with Crippen LogP contribution in [0.2, 0.25) is 0 Å². The van der Waals surface area contributed by atoms with Crippen LogP contribution in [0.25, 0.3) is 11.1 Å². The van der Waals surface area contributed by atoms with Crippen molar-refractivity contribution in [1.29, 1.82) is 0 Å². The Labute approximate surface area is 303 Å². The molecule has 0 bridgehead atoms. The van der Waals surface area contributed by atoms with Crippen molar-refractivity contribution < 1.29 is 24.2 Å². The molecular weight excluding hydrogens is 636 g/mol. The van der Waals surface area contributed by atoms with E-state index in [0.29, 0.717) is 24.6 Å². The SMILES string of the molecule is CC(C)CCC(CN(CC(C)C)C(=O)N[C@@](Cc1ccccc1)(Cc1ccc(-c2ccccc2)cc1)C(=O)O)C(=O)Oc1ccc2c(c1)CCC2. The fraction of sp³-hybridized carbons (Fsp3) is 0.386. The number of ether oxygens (including phenoxy) is 1. The maximum Gasteiger partial charge on any atom is 0.330 e. The molecule has 2 atom stereocenters. The van der Waals surface area contributed by atoms with Gasteiger partial charge in [-0.3, -0.25) is 4.79 Å². The summed E-state index contributed by atoms with van der Waals surface area (Å²) in [7, 11) is 0. The number of benzene rings is 4. The second-order valence-corrected chi connectivity index (χ2v) is 14.9. The second-order valence-electron chi connectivity index (χ2n) is 14.9. The van der Waals surface area contributed by atoms with Crippen LogP contribution in [0.5, 0.6) is 5.75 Å². The number of hydrogen-bond acceptors (Lipinski definition) is 4. The predicted octanol–water partition coefficient (Wildman–Crippen LogP) is 8.78. The first-order chi connectivity index (χ1) is 24.5. The van der Waals surface area contributed by atoms with Crippen LogP contribution in [0.4, 0.5) is 4.79 Å². The van der Waals surface area contributed by atoms with Crippen molar-refractivity contribution in [2.24, 2.45) is 17.8 Å². The van der Waals surface area contributed by atoms with Crippen molar-refractivity contribution in [3.8, 4) is 16.9 Å². The summed E-state index contributed by atoms with van der Waals surface area (Å²) in [6.45, 7) is 8.71. The monoisotopic (exact) mass is 688 g/mol. The van der Waals surface area contributed by atoms with E-state index < -0.39 is 23.5 Å². The molecule has 0 aliphatic heterocycles. The summed E-state index contributed by atoms with van der Waals surface area (Å²) < 4.78 is 5.97. The first kappa shape index (κ1) is 37.3. The van der Waals surface area contributed by atoms with Gasteiger partial charge in [0.2, 0.25) is 0 Å². The molecule has 0 saturated carbocycles. The zero-order valence-corrected chi connectivity index (χ0v) is 30.4. The number of carboxylic acid groups (broad SMARTS) is 1. The summed E-state index contributed by atoms with van der Waals surface area (Å²) in [6.07, 6.45) is 4.61. The Balaban J connectivity index is 1.41. The number of aliphatic carboxylic acids is 1. The van der Waals surface area contributed by atoms with Crippen LogP contribution < -0.4 is 10.1 Å². The van der Waals surface area contributed by atoms with Crippen LogP contribution in [0.1, 0.15) is 69.2 Å². The van der Waals surface area contributed by atoms with E-state index in [-0.39, 0.29) is 31.3 Å². The minimum Gasteiger partial charge on any atom is -0.479 e. The first-order valence-corrected chi connectivity index (χ1v) is 18.3. The van der Waals surface area contributed by atoms with Crippen LogP contribution in [-0.2, 0) is 35.3 Å². The Bertz CT molecular complexity index is 1750. The van der Waals surface area contributed by atoms with Gasteiger partial charge in [0.15, 0.2) is 0 Å². The van der Waals surface area contributed by atoms with Gasteiger partial charge in [-0.25, -0.2) is 9.59 Å². The van der Waals surface area contributed by atoms with E-state index in [2.05, 4.69) is 19.2 Å². The first-order valence-electron chi connectivity index (χ1n) is 18.3. The van der Waals surface area contributed by atoms with Crippen molar-refractivity contribution in [1.82, 2.24) is 10.2 Å². The maximum absolute atomic E-state index is 14.4. The van der Waals surface area contributed by atoms with Crippen molar-refractivity contribution in [2.45, 2.75) is 78.2 Å². The number of carboxylic acids is 1. The number of fused-ring (bicyclic) bond motifs is 1. The highest BCUT2D eigenvalue weighted by Crippen LogP contribution is 2.28. The van der Waals surface area contributed by atoms with E-state index in [4.69, 9.17) is 4.74 Å². The summed E-state index contributed by atoms with van der Waals surface area (Å²) in [6, 6.07) is 32.6. The molecule has 7 heteroatoms. The molecule has 0 spiro atoms. The molecule has 4 aromatic carbocycles. The standard InChI is InChI=1S/C44H52N2O5/c1-31(2)18-21-39(41(47)51-40-25-24-36-16-11-17-38(36)26-40)30-46(29-32(3)4)43(50)45-44(42(48)49,27-33-12-7-5-8-13-33)28-34-19-22-37(23-20-34)35-14-9-6-10-15-35/h5-10,12-15,19-20,22-26,31-32,39H,11,16-18,21,27-30H2,1-4H3,(H,45,50)(H,48,49)/t39?,44-/m0/s1. The van der Waals surface area contributed by atoms with Gasteiger partial charge in [0.1, 0.15) is 11.3 Å². The molecule has 0 heterocycles. The average Bonchev–Trinajstić information content (AvgIpc) is 3.58. The third-order valence-electron chi connectivity index (χ3n) is 9.70. The van der Waals surface area contributed by atoms with Gasteiger partial charge in [0.05, 0.1) is 5.92 Å². The fourth-order valence-electron chi connectivity index (χ4n) is 6.95. The highest BCUT2D eigenvalue weighted by molar-refractivity contribution is 5.87. The summed E-state index contributed by atoms with van der Waals surface area (Å²) in [5, 5.41) is 13.9. The number of hydrogen-bond donors (Lipinski definition) is 2. The smallest absolute Gasteiger partial charge is 0.330 e. The minimum absolute atomic E-state index is 0.0741. The second kappa shape index (κ2) is 17.3. The van der Waals surface area contributed by atoms with Crippen molar-refractivity contribution in [3.63, 3.8) is 0 Å². The molecular formula is C44H52N2O5. The van der Waals surface area contributed by atoms with Crippen LogP contribution >= 0.6 is 0 Å². The van der Waals surface area contributed by atoms with Crippen molar-refractivity contribution in [3.05, 3.63) is 125 Å². The van der Waals surface area contributed by atoms with Gasteiger partial charge in [-0.2, -0.15) is 0 Å². The van der Waals surface area contributed by atoms with Crippen LogP contribution in [0, 0.1) is 17.8 Å². The van der Waals surface area contributed by atoms with Gasteiger partial charge in [-0.1, -0.05) is 125 Å². The van der Waals surface area contributed by atoms with E-state index in [1.807, 2.05) is 117 Å². The Kier molecular flexibility index (Phi) is 12.7. The van der Waals surface area contributed by atoms with Gasteiger partial charge >= 0.3 is 18.0 Å². The van der Waals surface area contributed by atoms with Crippen molar-refractivity contribution >= 4 is 18.0 Å². The Morgan fingerprint density at radius 1 is 0.725 bits per heavy atom. The highest BCUT2D eigenvalue weighted by atomic mass is 16.5.